The molecule has 0 amide bonds. The van der Waals surface area contributed by atoms with E-state index in [1.807, 2.05) is 6.92 Å². The molecule has 0 bridgehead atoms. The zero-order valence-electron chi connectivity index (χ0n) is 11.5. The number of carbonyl (C=O) groups excluding carboxylic acids is 2. The molecule has 5 nitrogen and oxygen atoms in total. The fourth-order valence-corrected chi connectivity index (χ4v) is 4.19. The fraction of sp³-hybridized carbons (Fsp3) is 0.733. The molecule has 0 unspecified atom stereocenters. The molecule has 2 saturated carbocycles. The van der Waals surface area contributed by atoms with Crippen molar-refractivity contribution in [1.29, 1.82) is 0 Å². The van der Waals surface area contributed by atoms with Gasteiger partial charge >= 0.3 is 5.97 Å². The first-order valence-electron chi connectivity index (χ1n) is 7.15. The number of allylic oxidation sites excluding steroid dienone is 1. The topological polar surface area (TPSA) is 83.8 Å². The van der Waals surface area contributed by atoms with Crippen LogP contribution in [0.1, 0.15) is 26.2 Å². The van der Waals surface area contributed by atoms with E-state index in [4.69, 9.17) is 4.74 Å². The summed E-state index contributed by atoms with van der Waals surface area (Å²) in [6, 6.07) is 0. The Balaban J connectivity index is 2.05. The lowest BCUT2D eigenvalue weighted by Gasteiger charge is -2.34. The molecule has 6 atom stereocenters. The van der Waals surface area contributed by atoms with E-state index >= 15 is 0 Å². The number of fused-ring (bicyclic) bond motifs is 3. The number of hydrogen-bond acceptors (Lipinski definition) is 5. The maximum Gasteiger partial charge on any atom is 0.309 e. The summed E-state index contributed by atoms with van der Waals surface area (Å²) in [5.41, 5.74) is -0.879. The van der Waals surface area contributed by atoms with Crippen LogP contribution in [-0.2, 0) is 14.3 Å². The van der Waals surface area contributed by atoms with Crippen molar-refractivity contribution in [2.75, 3.05) is 6.61 Å². The fourth-order valence-electron chi connectivity index (χ4n) is 4.19. The van der Waals surface area contributed by atoms with Crippen LogP contribution in [0.25, 0.3) is 0 Å². The Morgan fingerprint density at radius 2 is 2.15 bits per heavy atom. The quantitative estimate of drug-likeness (QED) is 0.538. The minimum Gasteiger partial charge on any atom is -0.461 e. The minimum atomic E-state index is -1.80. The number of esters is 1. The normalized spacial score (nSPS) is 47.8. The monoisotopic (exact) mass is 280 g/mol. The van der Waals surface area contributed by atoms with Crippen molar-refractivity contribution < 1.29 is 24.5 Å². The predicted octanol–water partition coefficient (Wildman–Crippen LogP) is 0.443. The third-order valence-corrected chi connectivity index (χ3v) is 5.48. The highest BCUT2D eigenvalue weighted by molar-refractivity contribution is 5.91. The van der Waals surface area contributed by atoms with Gasteiger partial charge in [0, 0.05) is 18.3 Å². The molecular formula is C15H20O5. The second kappa shape index (κ2) is 4.40. The van der Waals surface area contributed by atoms with Crippen LogP contribution >= 0.6 is 0 Å². The SMILES string of the molecule is C=C1CC[C@@H]2[C@H](OC(=O)[C@H]2C)[C@@H]2[C@H]1CC(=O)[C@]2(O)CO. The molecule has 5 heteroatoms. The largest absolute Gasteiger partial charge is 0.461 e. The van der Waals surface area contributed by atoms with E-state index in [9.17, 15) is 19.8 Å². The molecule has 3 aliphatic rings. The average Bonchev–Trinajstić information content (AvgIpc) is 2.78. The molecule has 20 heavy (non-hydrogen) atoms. The summed E-state index contributed by atoms with van der Waals surface area (Å²) in [6.07, 6.45) is 1.19. The van der Waals surface area contributed by atoms with Gasteiger partial charge in [0.2, 0.25) is 0 Å². The standard InChI is InChI=1S/C15H20O5/c1-7-3-4-9-8(2)14(18)20-13(9)12-10(7)5-11(17)15(12,19)6-16/h8-10,12-13,16,19H,1,3-6H2,2H3/t8-,9-,10-,12-,13-,15+/m0/s1. The Morgan fingerprint density at radius 3 is 2.80 bits per heavy atom. The van der Waals surface area contributed by atoms with Gasteiger partial charge in [0.25, 0.3) is 0 Å². The van der Waals surface area contributed by atoms with Gasteiger partial charge in [-0.15, -0.1) is 0 Å². The Kier molecular flexibility index (Phi) is 3.03. The second-order valence-corrected chi connectivity index (χ2v) is 6.39. The van der Waals surface area contributed by atoms with E-state index in [1.165, 1.54) is 0 Å². The third-order valence-electron chi connectivity index (χ3n) is 5.48. The molecule has 0 radical (unpaired) electrons. The van der Waals surface area contributed by atoms with Crippen molar-refractivity contribution in [2.24, 2.45) is 23.7 Å². The van der Waals surface area contributed by atoms with Crippen LogP contribution in [0.4, 0.5) is 0 Å². The van der Waals surface area contributed by atoms with Gasteiger partial charge in [-0.25, -0.2) is 0 Å². The smallest absolute Gasteiger partial charge is 0.309 e. The number of rotatable bonds is 1. The minimum absolute atomic E-state index is 0.0155. The predicted molar refractivity (Wildman–Crippen MR) is 69.5 cm³/mol. The van der Waals surface area contributed by atoms with E-state index in [-0.39, 0.29) is 35.9 Å². The summed E-state index contributed by atoms with van der Waals surface area (Å²) in [5, 5.41) is 20.1. The summed E-state index contributed by atoms with van der Waals surface area (Å²) < 4.78 is 5.46. The van der Waals surface area contributed by atoms with Crippen LogP contribution in [-0.4, -0.2) is 40.3 Å². The van der Waals surface area contributed by atoms with Gasteiger partial charge in [-0.2, -0.15) is 0 Å². The number of carbonyl (C=O) groups is 2. The molecule has 3 fully saturated rings. The van der Waals surface area contributed by atoms with E-state index in [0.29, 0.717) is 0 Å². The molecule has 0 spiro atoms. The molecule has 2 N–H and O–H groups in total. The lowest BCUT2D eigenvalue weighted by molar-refractivity contribution is -0.158. The molecule has 1 heterocycles. The maximum atomic E-state index is 12.1. The first kappa shape index (κ1) is 13.8. The number of Topliss-reactive ketones (excluding diaryl/α,β-unsaturated/α-hetero) is 1. The Morgan fingerprint density at radius 1 is 1.45 bits per heavy atom. The molecule has 3 rings (SSSR count). The summed E-state index contributed by atoms with van der Waals surface area (Å²) in [5.74, 6) is -1.65. The van der Waals surface area contributed by atoms with Crippen LogP contribution in [0.3, 0.4) is 0 Å². The summed E-state index contributed by atoms with van der Waals surface area (Å²) >= 11 is 0. The van der Waals surface area contributed by atoms with Crippen LogP contribution in [0.15, 0.2) is 12.2 Å². The maximum absolute atomic E-state index is 12.1. The molecule has 0 aromatic carbocycles. The van der Waals surface area contributed by atoms with Gasteiger partial charge in [0.05, 0.1) is 12.5 Å². The molecule has 1 saturated heterocycles. The number of hydrogen-bond donors (Lipinski definition) is 2. The summed E-state index contributed by atoms with van der Waals surface area (Å²) in [6.45, 7) is 5.23. The highest BCUT2D eigenvalue weighted by Gasteiger charge is 2.62. The van der Waals surface area contributed by atoms with Gasteiger partial charge < -0.3 is 14.9 Å². The first-order chi connectivity index (χ1) is 9.40. The van der Waals surface area contributed by atoms with Crippen molar-refractivity contribution >= 4 is 11.8 Å². The van der Waals surface area contributed by atoms with Crippen LogP contribution in [0, 0.1) is 23.7 Å². The van der Waals surface area contributed by atoms with E-state index in [1.54, 1.807) is 0 Å². The highest BCUT2D eigenvalue weighted by atomic mass is 16.6. The zero-order valence-corrected chi connectivity index (χ0v) is 11.5. The molecule has 110 valence electrons. The van der Waals surface area contributed by atoms with Crippen molar-refractivity contribution in [3.05, 3.63) is 12.2 Å². The van der Waals surface area contributed by atoms with Crippen molar-refractivity contribution in [2.45, 2.75) is 37.9 Å². The van der Waals surface area contributed by atoms with Crippen LogP contribution in [0.5, 0.6) is 0 Å². The highest BCUT2D eigenvalue weighted by Crippen LogP contribution is 2.52. The molecular weight excluding hydrogens is 260 g/mol. The van der Waals surface area contributed by atoms with E-state index in [0.717, 1.165) is 18.4 Å². The van der Waals surface area contributed by atoms with Crippen molar-refractivity contribution in [3.8, 4) is 0 Å². The van der Waals surface area contributed by atoms with Gasteiger partial charge in [-0.3, -0.25) is 9.59 Å². The first-order valence-corrected chi connectivity index (χ1v) is 7.15. The van der Waals surface area contributed by atoms with E-state index < -0.39 is 24.2 Å². The Hall–Kier alpha value is -1.20. The lowest BCUT2D eigenvalue weighted by atomic mass is 9.75. The van der Waals surface area contributed by atoms with Gasteiger partial charge in [-0.05, 0) is 18.8 Å². The number of aliphatic hydroxyl groups excluding tert-OH is 1. The second-order valence-electron chi connectivity index (χ2n) is 6.39. The number of aliphatic hydroxyl groups is 2. The third kappa shape index (κ3) is 1.63. The van der Waals surface area contributed by atoms with Gasteiger partial charge in [-0.1, -0.05) is 19.1 Å². The molecule has 1 aliphatic heterocycles. The Labute approximate surface area is 117 Å². The molecule has 2 aliphatic carbocycles. The number of ether oxygens (including phenoxy) is 1. The molecule has 0 aromatic heterocycles. The van der Waals surface area contributed by atoms with Gasteiger partial charge in [0.15, 0.2) is 11.4 Å². The summed E-state index contributed by atoms with van der Waals surface area (Å²) in [4.78, 5) is 23.9. The Bertz CT molecular complexity index is 485. The number of ketones is 1. The van der Waals surface area contributed by atoms with E-state index in [2.05, 4.69) is 6.58 Å². The van der Waals surface area contributed by atoms with Crippen molar-refractivity contribution in [3.63, 3.8) is 0 Å². The van der Waals surface area contributed by atoms with Crippen molar-refractivity contribution in [1.82, 2.24) is 0 Å². The molecule has 0 aromatic rings. The summed E-state index contributed by atoms with van der Waals surface area (Å²) in [7, 11) is 0. The van der Waals surface area contributed by atoms with Gasteiger partial charge in [0.1, 0.15) is 6.10 Å². The lowest BCUT2D eigenvalue weighted by Crippen LogP contribution is -2.50. The average molecular weight is 280 g/mol. The van der Waals surface area contributed by atoms with Crippen LogP contribution < -0.4 is 0 Å². The zero-order chi connectivity index (χ0) is 14.7. The van der Waals surface area contributed by atoms with Crippen LogP contribution in [0.2, 0.25) is 0 Å².